The summed E-state index contributed by atoms with van der Waals surface area (Å²) in [4.78, 5) is 17.1. The summed E-state index contributed by atoms with van der Waals surface area (Å²) < 4.78 is 0. The van der Waals surface area contributed by atoms with Crippen molar-refractivity contribution in [3.8, 4) is 0 Å². The minimum atomic E-state index is 0.313. The van der Waals surface area contributed by atoms with E-state index in [1.54, 1.807) is 0 Å². The molecule has 0 unspecified atom stereocenters. The summed E-state index contributed by atoms with van der Waals surface area (Å²) in [5.41, 5.74) is 4.54. The van der Waals surface area contributed by atoms with Crippen LogP contribution in [0.4, 0.5) is 11.4 Å². The number of Topliss-reactive ketones (excluding diaryl/α,β-unsaturated/α-hetero) is 1. The maximum Gasteiger partial charge on any atom is 0.162 e. The number of hydrogen-bond donors (Lipinski definition) is 0. The van der Waals surface area contributed by atoms with Crippen molar-refractivity contribution in [2.24, 2.45) is 0 Å². The fraction of sp³-hybridized carbons (Fsp3) is 0.250. The van der Waals surface area contributed by atoms with E-state index in [1.807, 2.05) is 12.1 Å². The third-order valence-electron chi connectivity index (χ3n) is 4.68. The average molecular weight is 304 g/mol. The van der Waals surface area contributed by atoms with Gasteiger partial charge in [0.25, 0.3) is 0 Å². The summed E-state index contributed by atoms with van der Waals surface area (Å²) in [6, 6.07) is 20.7. The highest BCUT2D eigenvalue weighted by molar-refractivity contribution is 5.99. The molecule has 0 fully saturated rings. The Balaban J connectivity index is 1.77. The van der Waals surface area contributed by atoms with E-state index in [9.17, 15) is 4.79 Å². The molecule has 23 heavy (non-hydrogen) atoms. The lowest BCUT2D eigenvalue weighted by Crippen LogP contribution is -2.46. The zero-order chi connectivity index (χ0) is 15.6. The molecule has 0 amide bonds. The van der Waals surface area contributed by atoms with Gasteiger partial charge < -0.3 is 9.80 Å². The number of allylic oxidation sites excluding steroid dienone is 1. The maximum absolute atomic E-state index is 12.5. The normalized spacial score (nSPS) is 18.2. The number of para-hydroxylation sites is 2. The van der Waals surface area contributed by atoms with Crippen LogP contribution in [-0.4, -0.2) is 19.0 Å². The van der Waals surface area contributed by atoms with Crippen molar-refractivity contribution in [2.75, 3.05) is 23.0 Å². The molecule has 116 valence electrons. The molecule has 1 aliphatic heterocycles. The third-order valence-corrected chi connectivity index (χ3v) is 4.68. The first-order valence-electron chi connectivity index (χ1n) is 8.21. The highest BCUT2D eigenvalue weighted by Gasteiger charge is 2.31. The minimum absolute atomic E-state index is 0.313. The minimum Gasteiger partial charge on any atom is -0.349 e. The molecule has 3 nitrogen and oxygen atoms in total. The van der Waals surface area contributed by atoms with Gasteiger partial charge >= 0.3 is 0 Å². The summed E-state index contributed by atoms with van der Waals surface area (Å²) in [6.07, 6.45) is 2.65. The standard InChI is InChI=1S/C20H20N2O/c23-20-13-7-12-19-18(20)14-21(16-8-3-1-4-9-16)15-22(19)17-10-5-2-6-11-17/h1-6,8-11H,7,12-15H2. The second-order valence-corrected chi connectivity index (χ2v) is 6.14. The van der Waals surface area contributed by atoms with Gasteiger partial charge in [-0.2, -0.15) is 0 Å². The lowest BCUT2D eigenvalue weighted by atomic mass is 9.92. The SMILES string of the molecule is O=C1CCCC2=C1CN(c1ccccc1)CN2c1ccccc1. The summed E-state index contributed by atoms with van der Waals surface area (Å²) in [6.45, 7) is 1.52. The molecule has 0 atom stereocenters. The monoisotopic (exact) mass is 304 g/mol. The molecule has 0 bridgehead atoms. The first-order chi connectivity index (χ1) is 11.3. The first kappa shape index (κ1) is 14.1. The van der Waals surface area contributed by atoms with Crippen molar-refractivity contribution in [3.63, 3.8) is 0 Å². The molecular weight excluding hydrogens is 284 g/mol. The van der Waals surface area contributed by atoms with Gasteiger partial charge in [0.05, 0.1) is 6.67 Å². The van der Waals surface area contributed by atoms with Crippen molar-refractivity contribution in [3.05, 3.63) is 71.9 Å². The van der Waals surface area contributed by atoms with E-state index in [2.05, 4.69) is 58.3 Å². The van der Waals surface area contributed by atoms with Crippen LogP contribution in [0.2, 0.25) is 0 Å². The zero-order valence-corrected chi connectivity index (χ0v) is 13.1. The number of nitrogens with zero attached hydrogens (tertiary/aromatic N) is 2. The summed E-state index contributed by atoms with van der Waals surface area (Å²) >= 11 is 0. The predicted molar refractivity (Wildman–Crippen MR) is 93.5 cm³/mol. The van der Waals surface area contributed by atoms with Crippen LogP contribution < -0.4 is 9.80 Å². The Labute approximate surface area is 136 Å². The van der Waals surface area contributed by atoms with Crippen LogP contribution in [0.25, 0.3) is 0 Å². The molecule has 1 aliphatic carbocycles. The van der Waals surface area contributed by atoms with E-state index in [4.69, 9.17) is 0 Å². The zero-order valence-electron chi connectivity index (χ0n) is 13.1. The van der Waals surface area contributed by atoms with Crippen LogP contribution in [0.5, 0.6) is 0 Å². The van der Waals surface area contributed by atoms with E-state index in [1.165, 1.54) is 11.4 Å². The van der Waals surface area contributed by atoms with Crippen LogP contribution in [0.1, 0.15) is 19.3 Å². The Hall–Kier alpha value is -2.55. The topological polar surface area (TPSA) is 23.6 Å². The molecule has 0 saturated heterocycles. The van der Waals surface area contributed by atoms with Crippen LogP contribution in [0.3, 0.4) is 0 Å². The van der Waals surface area contributed by atoms with Crippen molar-refractivity contribution in [1.29, 1.82) is 0 Å². The molecule has 0 N–H and O–H groups in total. The molecule has 0 spiro atoms. The Morgan fingerprint density at radius 3 is 2.13 bits per heavy atom. The smallest absolute Gasteiger partial charge is 0.162 e. The second-order valence-electron chi connectivity index (χ2n) is 6.14. The van der Waals surface area contributed by atoms with Crippen LogP contribution in [0, 0.1) is 0 Å². The first-order valence-corrected chi connectivity index (χ1v) is 8.21. The van der Waals surface area contributed by atoms with Crippen molar-refractivity contribution in [1.82, 2.24) is 0 Å². The van der Waals surface area contributed by atoms with E-state index < -0.39 is 0 Å². The Morgan fingerprint density at radius 1 is 0.783 bits per heavy atom. The van der Waals surface area contributed by atoms with Crippen molar-refractivity contribution < 1.29 is 4.79 Å². The number of benzene rings is 2. The van der Waals surface area contributed by atoms with Gasteiger partial charge in [0.2, 0.25) is 0 Å². The largest absolute Gasteiger partial charge is 0.349 e. The molecular formula is C20H20N2O. The highest BCUT2D eigenvalue weighted by Crippen LogP contribution is 2.34. The molecule has 2 aliphatic rings. The number of hydrogen-bond acceptors (Lipinski definition) is 3. The number of anilines is 2. The van der Waals surface area contributed by atoms with Gasteiger partial charge in [-0.15, -0.1) is 0 Å². The Kier molecular flexibility index (Phi) is 3.62. The fourth-order valence-electron chi connectivity index (χ4n) is 3.51. The third kappa shape index (κ3) is 2.63. The number of rotatable bonds is 2. The van der Waals surface area contributed by atoms with E-state index >= 15 is 0 Å². The van der Waals surface area contributed by atoms with E-state index in [0.29, 0.717) is 12.2 Å². The molecule has 2 aromatic rings. The summed E-state index contributed by atoms with van der Waals surface area (Å²) in [7, 11) is 0. The summed E-state index contributed by atoms with van der Waals surface area (Å²) in [5.74, 6) is 0.313. The van der Waals surface area contributed by atoms with Gasteiger partial charge in [0, 0.05) is 35.6 Å². The van der Waals surface area contributed by atoms with Crippen molar-refractivity contribution >= 4 is 17.2 Å². The molecule has 0 saturated carbocycles. The molecule has 0 radical (unpaired) electrons. The van der Waals surface area contributed by atoms with Gasteiger partial charge in [0.1, 0.15) is 0 Å². The number of ketones is 1. The Morgan fingerprint density at radius 2 is 1.43 bits per heavy atom. The van der Waals surface area contributed by atoms with Crippen molar-refractivity contribution in [2.45, 2.75) is 19.3 Å². The number of carbonyl (C=O) groups is 1. The number of carbonyl (C=O) groups excluding carboxylic acids is 1. The molecule has 1 heterocycles. The second kappa shape index (κ2) is 5.92. The predicted octanol–water partition coefficient (Wildman–Crippen LogP) is 3.98. The van der Waals surface area contributed by atoms with Crippen LogP contribution >= 0.6 is 0 Å². The average Bonchev–Trinajstić information content (AvgIpc) is 2.63. The van der Waals surface area contributed by atoms with Gasteiger partial charge in [0.15, 0.2) is 5.78 Å². The molecule has 2 aromatic carbocycles. The van der Waals surface area contributed by atoms with E-state index in [0.717, 1.165) is 37.3 Å². The quantitative estimate of drug-likeness (QED) is 0.838. The van der Waals surface area contributed by atoms with E-state index in [-0.39, 0.29) is 0 Å². The lowest BCUT2D eigenvalue weighted by Gasteiger charge is -2.42. The van der Waals surface area contributed by atoms with Crippen LogP contribution in [0.15, 0.2) is 71.9 Å². The Bertz CT molecular complexity index is 737. The van der Waals surface area contributed by atoms with Gasteiger partial charge in [-0.25, -0.2) is 0 Å². The highest BCUT2D eigenvalue weighted by atomic mass is 16.1. The van der Waals surface area contributed by atoms with Crippen LogP contribution in [-0.2, 0) is 4.79 Å². The molecule has 0 aromatic heterocycles. The lowest BCUT2D eigenvalue weighted by molar-refractivity contribution is -0.116. The summed E-state index contributed by atoms with van der Waals surface area (Å²) in [5, 5.41) is 0. The van der Waals surface area contributed by atoms with Gasteiger partial charge in [-0.05, 0) is 37.1 Å². The maximum atomic E-state index is 12.5. The van der Waals surface area contributed by atoms with Gasteiger partial charge in [-0.1, -0.05) is 36.4 Å². The van der Waals surface area contributed by atoms with Gasteiger partial charge in [-0.3, -0.25) is 4.79 Å². The fourth-order valence-corrected chi connectivity index (χ4v) is 3.51. The molecule has 3 heteroatoms. The molecule has 4 rings (SSSR count).